The molecular weight excluding hydrogens is 335 g/mol. The molecule has 0 saturated carbocycles. The Morgan fingerprint density at radius 1 is 1.08 bits per heavy atom. The summed E-state index contributed by atoms with van der Waals surface area (Å²) in [6.07, 6.45) is 3.28. The largest absolute Gasteiger partial charge is 0.469 e. The van der Waals surface area contributed by atoms with E-state index >= 15 is 0 Å². The standard InChI is InChI=1S/C20H27FN2O3/c1-26-20(25)16-8-11-23(12-9-16)19(24)17-3-2-10-22(14-17)13-15-4-6-18(21)7-5-15/h4-7,16-17H,2-3,8-14H2,1H3/t17-/m0/s1. The van der Waals surface area contributed by atoms with Gasteiger partial charge in [-0.15, -0.1) is 0 Å². The van der Waals surface area contributed by atoms with Gasteiger partial charge >= 0.3 is 5.97 Å². The fourth-order valence-corrected chi connectivity index (χ4v) is 4.01. The van der Waals surface area contributed by atoms with Crippen molar-refractivity contribution in [2.75, 3.05) is 33.3 Å². The van der Waals surface area contributed by atoms with Gasteiger partial charge in [-0.3, -0.25) is 14.5 Å². The molecule has 3 rings (SSSR count). The Labute approximate surface area is 154 Å². The van der Waals surface area contributed by atoms with Crippen molar-refractivity contribution < 1.29 is 18.7 Å². The molecule has 2 saturated heterocycles. The van der Waals surface area contributed by atoms with E-state index in [1.54, 1.807) is 12.1 Å². The van der Waals surface area contributed by atoms with Gasteiger partial charge < -0.3 is 9.64 Å². The molecule has 26 heavy (non-hydrogen) atoms. The summed E-state index contributed by atoms with van der Waals surface area (Å²) >= 11 is 0. The Morgan fingerprint density at radius 3 is 2.42 bits per heavy atom. The maximum absolute atomic E-state index is 13.0. The van der Waals surface area contributed by atoms with Gasteiger partial charge in [0.25, 0.3) is 0 Å². The van der Waals surface area contributed by atoms with E-state index in [-0.39, 0.29) is 29.5 Å². The van der Waals surface area contributed by atoms with Gasteiger partial charge in [-0.1, -0.05) is 12.1 Å². The van der Waals surface area contributed by atoms with Crippen LogP contribution in [0.3, 0.4) is 0 Å². The van der Waals surface area contributed by atoms with Crippen molar-refractivity contribution in [2.24, 2.45) is 11.8 Å². The van der Waals surface area contributed by atoms with Crippen LogP contribution < -0.4 is 0 Å². The number of ether oxygens (including phenoxy) is 1. The van der Waals surface area contributed by atoms with Crippen LogP contribution in [0.4, 0.5) is 4.39 Å². The first-order valence-corrected chi connectivity index (χ1v) is 9.40. The first kappa shape index (κ1) is 18.8. The second-order valence-electron chi connectivity index (χ2n) is 7.32. The Hall–Kier alpha value is -1.95. The fourth-order valence-electron chi connectivity index (χ4n) is 4.01. The zero-order chi connectivity index (χ0) is 18.5. The fraction of sp³-hybridized carbons (Fsp3) is 0.600. The van der Waals surface area contributed by atoms with Crippen LogP contribution in [0.1, 0.15) is 31.2 Å². The van der Waals surface area contributed by atoms with E-state index in [9.17, 15) is 14.0 Å². The Bertz CT molecular complexity index is 626. The monoisotopic (exact) mass is 362 g/mol. The van der Waals surface area contributed by atoms with Crippen molar-refractivity contribution in [3.63, 3.8) is 0 Å². The van der Waals surface area contributed by atoms with Crippen LogP contribution >= 0.6 is 0 Å². The van der Waals surface area contributed by atoms with Gasteiger partial charge in [0.2, 0.25) is 5.91 Å². The van der Waals surface area contributed by atoms with Gasteiger partial charge in [0.05, 0.1) is 18.9 Å². The maximum Gasteiger partial charge on any atom is 0.308 e. The number of nitrogens with zero attached hydrogens (tertiary/aromatic N) is 2. The molecule has 0 spiro atoms. The highest BCUT2D eigenvalue weighted by Gasteiger charge is 2.33. The number of esters is 1. The van der Waals surface area contributed by atoms with E-state index in [1.807, 2.05) is 4.90 Å². The van der Waals surface area contributed by atoms with Crippen LogP contribution in [-0.2, 0) is 20.9 Å². The smallest absolute Gasteiger partial charge is 0.308 e. The molecule has 1 amide bonds. The molecule has 5 nitrogen and oxygen atoms in total. The zero-order valence-electron chi connectivity index (χ0n) is 15.3. The van der Waals surface area contributed by atoms with Crippen LogP contribution in [0.15, 0.2) is 24.3 Å². The third kappa shape index (κ3) is 4.61. The van der Waals surface area contributed by atoms with E-state index in [2.05, 4.69) is 4.90 Å². The number of likely N-dealkylation sites (tertiary alicyclic amines) is 2. The van der Waals surface area contributed by atoms with E-state index in [1.165, 1.54) is 19.2 Å². The normalized spacial score (nSPS) is 22.2. The summed E-state index contributed by atoms with van der Waals surface area (Å²) in [6.45, 7) is 3.72. The zero-order valence-corrected chi connectivity index (χ0v) is 15.3. The summed E-state index contributed by atoms with van der Waals surface area (Å²) in [7, 11) is 1.41. The Kier molecular flexibility index (Phi) is 6.25. The summed E-state index contributed by atoms with van der Waals surface area (Å²) in [4.78, 5) is 28.7. The lowest BCUT2D eigenvalue weighted by Gasteiger charge is -2.37. The molecule has 1 aromatic carbocycles. The lowest BCUT2D eigenvalue weighted by molar-refractivity contribution is -0.150. The third-order valence-electron chi connectivity index (χ3n) is 5.52. The number of halogens is 1. The molecule has 2 heterocycles. The topological polar surface area (TPSA) is 49.9 Å². The van der Waals surface area contributed by atoms with E-state index in [0.717, 1.165) is 38.0 Å². The summed E-state index contributed by atoms with van der Waals surface area (Å²) in [6, 6.07) is 6.57. The second-order valence-corrected chi connectivity index (χ2v) is 7.32. The SMILES string of the molecule is COC(=O)C1CCN(C(=O)[C@H]2CCCN(Cc3ccc(F)cc3)C2)CC1. The Balaban J connectivity index is 1.51. The van der Waals surface area contributed by atoms with Crippen LogP contribution in [0.25, 0.3) is 0 Å². The van der Waals surface area contributed by atoms with Crippen molar-refractivity contribution in [3.8, 4) is 0 Å². The van der Waals surface area contributed by atoms with Crippen molar-refractivity contribution >= 4 is 11.9 Å². The van der Waals surface area contributed by atoms with Crippen LogP contribution in [0, 0.1) is 17.7 Å². The van der Waals surface area contributed by atoms with Crippen LogP contribution in [0.2, 0.25) is 0 Å². The highest BCUT2D eigenvalue weighted by Crippen LogP contribution is 2.24. The lowest BCUT2D eigenvalue weighted by atomic mass is 9.92. The van der Waals surface area contributed by atoms with Gasteiger partial charge in [-0.2, -0.15) is 0 Å². The third-order valence-corrected chi connectivity index (χ3v) is 5.52. The number of carbonyl (C=O) groups excluding carboxylic acids is 2. The average Bonchev–Trinajstić information content (AvgIpc) is 2.69. The summed E-state index contributed by atoms with van der Waals surface area (Å²) < 4.78 is 17.9. The second kappa shape index (κ2) is 8.62. The van der Waals surface area contributed by atoms with Gasteiger partial charge in [0.15, 0.2) is 0 Å². The first-order chi connectivity index (χ1) is 12.6. The lowest BCUT2D eigenvalue weighted by Crippen LogP contribution is -2.47. The van der Waals surface area contributed by atoms with Crippen molar-refractivity contribution in [2.45, 2.75) is 32.2 Å². The molecule has 0 bridgehead atoms. The number of methoxy groups -OCH3 is 1. The highest BCUT2D eigenvalue weighted by atomic mass is 19.1. The molecule has 2 aliphatic heterocycles. The first-order valence-electron chi connectivity index (χ1n) is 9.40. The molecule has 6 heteroatoms. The summed E-state index contributed by atoms with van der Waals surface area (Å²) in [5, 5.41) is 0. The molecule has 142 valence electrons. The van der Waals surface area contributed by atoms with Gasteiger partial charge in [-0.25, -0.2) is 4.39 Å². The molecular formula is C20H27FN2O3. The van der Waals surface area contributed by atoms with Crippen LogP contribution in [-0.4, -0.2) is 55.0 Å². The number of rotatable bonds is 4. The van der Waals surface area contributed by atoms with E-state index < -0.39 is 0 Å². The highest BCUT2D eigenvalue weighted by molar-refractivity contribution is 5.80. The quantitative estimate of drug-likeness (QED) is 0.772. The summed E-state index contributed by atoms with van der Waals surface area (Å²) in [5.74, 6) is -0.252. The molecule has 1 aromatic rings. The minimum atomic E-state index is -0.226. The molecule has 0 N–H and O–H groups in total. The van der Waals surface area contributed by atoms with Gasteiger partial charge in [0, 0.05) is 26.2 Å². The molecule has 0 aromatic heterocycles. The number of hydrogen-bond donors (Lipinski definition) is 0. The van der Waals surface area contributed by atoms with Crippen molar-refractivity contribution in [3.05, 3.63) is 35.6 Å². The molecule has 0 radical (unpaired) electrons. The molecule has 0 aliphatic carbocycles. The average molecular weight is 362 g/mol. The van der Waals surface area contributed by atoms with E-state index in [0.29, 0.717) is 25.9 Å². The van der Waals surface area contributed by atoms with E-state index in [4.69, 9.17) is 4.74 Å². The minimum Gasteiger partial charge on any atom is -0.469 e. The van der Waals surface area contributed by atoms with Gasteiger partial charge in [0.1, 0.15) is 5.82 Å². The van der Waals surface area contributed by atoms with Crippen LogP contribution in [0.5, 0.6) is 0 Å². The molecule has 2 fully saturated rings. The number of benzene rings is 1. The maximum atomic E-state index is 13.0. The summed E-state index contributed by atoms with van der Waals surface area (Å²) in [5.41, 5.74) is 1.07. The number of amides is 1. The number of piperidine rings is 2. The Morgan fingerprint density at radius 2 is 1.77 bits per heavy atom. The molecule has 2 aliphatic rings. The number of hydrogen-bond acceptors (Lipinski definition) is 4. The number of carbonyl (C=O) groups is 2. The van der Waals surface area contributed by atoms with Gasteiger partial charge in [-0.05, 0) is 49.9 Å². The van der Waals surface area contributed by atoms with Crippen molar-refractivity contribution in [1.29, 1.82) is 0 Å². The van der Waals surface area contributed by atoms with Crippen molar-refractivity contribution in [1.82, 2.24) is 9.80 Å². The minimum absolute atomic E-state index is 0.0128. The molecule has 0 unspecified atom stereocenters. The predicted molar refractivity (Wildman–Crippen MR) is 95.7 cm³/mol. The molecule has 1 atom stereocenters. The predicted octanol–water partition coefficient (Wildman–Crippen LogP) is 2.45.